The van der Waals surface area contributed by atoms with Crippen molar-refractivity contribution in [3.05, 3.63) is 54.6 Å². The van der Waals surface area contributed by atoms with E-state index in [9.17, 15) is 4.79 Å². The number of nitrogens with one attached hydrogen (secondary N) is 1. The predicted octanol–water partition coefficient (Wildman–Crippen LogP) is 1.80. The standard InChI is InChI=1S/C24H26N8O/c25-21-20-22(28-13-27-21)32(14-29-20)11-18-17-4-2-1-3-15(17)5-8-19(18)31-10-9-24(26,12-31)23(33)30-16-6-7-16/h1-5,8,13-14,16H,6-7,9-12,26H2,(H,30,33)(H2,25,27,28)/t24-/m0/s1. The van der Waals surface area contributed by atoms with Crippen molar-refractivity contribution in [2.75, 3.05) is 23.7 Å². The number of aromatic nitrogens is 4. The maximum atomic E-state index is 12.8. The van der Waals surface area contributed by atoms with Crippen LogP contribution in [-0.2, 0) is 11.3 Å². The Kier molecular flexibility index (Phi) is 4.48. The highest BCUT2D eigenvalue weighted by Crippen LogP contribution is 2.34. The van der Waals surface area contributed by atoms with Crippen LogP contribution in [0.3, 0.4) is 0 Å². The second-order valence-corrected chi connectivity index (χ2v) is 9.16. The van der Waals surface area contributed by atoms with E-state index in [1.807, 2.05) is 16.7 Å². The average molecular weight is 443 g/mol. The van der Waals surface area contributed by atoms with Crippen LogP contribution < -0.4 is 21.7 Å². The first-order valence-electron chi connectivity index (χ1n) is 11.3. The largest absolute Gasteiger partial charge is 0.382 e. The van der Waals surface area contributed by atoms with Crippen molar-refractivity contribution in [2.45, 2.75) is 37.4 Å². The van der Waals surface area contributed by atoms with Crippen LogP contribution in [0.25, 0.3) is 21.9 Å². The lowest BCUT2D eigenvalue weighted by Crippen LogP contribution is -2.56. The minimum absolute atomic E-state index is 0.0392. The summed E-state index contributed by atoms with van der Waals surface area (Å²) >= 11 is 0. The molecule has 2 aliphatic rings. The number of nitrogens with zero attached hydrogens (tertiary/aromatic N) is 5. The molecule has 1 aliphatic carbocycles. The highest BCUT2D eigenvalue weighted by atomic mass is 16.2. The Balaban J connectivity index is 1.39. The molecule has 1 amide bonds. The monoisotopic (exact) mass is 442 g/mol. The molecular weight excluding hydrogens is 416 g/mol. The summed E-state index contributed by atoms with van der Waals surface area (Å²) < 4.78 is 1.99. The third-order valence-electron chi connectivity index (χ3n) is 6.78. The van der Waals surface area contributed by atoms with Crippen LogP contribution in [0.2, 0.25) is 0 Å². The number of carbonyl (C=O) groups excluding carboxylic acids is 1. The highest BCUT2D eigenvalue weighted by molar-refractivity contribution is 5.92. The molecule has 0 bridgehead atoms. The molecule has 168 valence electrons. The molecule has 3 heterocycles. The number of fused-ring (bicyclic) bond motifs is 2. The van der Waals surface area contributed by atoms with E-state index in [1.54, 1.807) is 6.33 Å². The summed E-state index contributed by atoms with van der Waals surface area (Å²) in [6, 6.07) is 12.9. The Morgan fingerprint density at radius 3 is 2.85 bits per heavy atom. The van der Waals surface area contributed by atoms with Crippen molar-refractivity contribution < 1.29 is 4.79 Å². The molecule has 9 nitrogen and oxygen atoms in total. The summed E-state index contributed by atoms with van der Waals surface area (Å²) in [6.45, 7) is 1.77. The number of carbonyl (C=O) groups is 1. The first-order chi connectivity index (χ1) is 16.0. The Labute approximate surface area is 190 Å². The summed E-state index contributed by atoms with van der Waals surface area (Å²) in [7, 11) is 0. The lowest BCUT2D eigenvalue weighted by molar-refractivity contribution is -0.125. The number of nitrogen functional groups attached to an aromatic ring is 1. The molecule has 4 aromatic rings. The molecule has 1 aliphatic heterocycles. The molecule has 1 saturated heterocycles. The van der Waals surface area contributed by atoms with Gasteiger partial charge in [-0.3, -0.25) is 4.79 Å². The minimum Gasteiger partial charge on any atom is -0.382 e. The SMILES string of the molecule is Nc1ncnc2c1ncn2Cc1c(N2CC[C@@](N)(C(=O)NC3CC3)C2)ccc2ccccc12. The molecule has 1 atom stereocenters. The molecular formula is C24H26N8O. The van der Waals surface area contributed by atoms with Crippen LogP contribution in [0.4, 0.5) is 11.5 Å². The fraction of sp³-hybridized carbons (Fsp3) is 0.333. The number of nitrogens with two attached hydrogens (primary N) is 2. The normalized spacial score (nSPS) is 20.6. The van der Waals surface area contributed by atoms with E-state index in [0.29, 0.717) is 42.5 Å². The van der Waals surface area contributed by atoms with Gasteiger partial charge in [0.2, 0.25) is 5.91 Å². The van der Waals surface area contributed by atoms with E-state index in [2.05, 4.69) is 49.4 Å². The van der Waals surface area contributed by atoms with Crippen molar-refractivity contribution >= 4 is 39.3 Å². The van der Waals surface area contributed by atoms with Crippen molar-refractivity contribution in [2.24, 2.45) is 5.73 Å². The average Bonchev–Trinajstić information content (AvgIpc) is 3.40. The van der Waals surface area contributed by atoms with E-state index in [0.717, 1.165) is 41.4 Å². The zero-order chi connectivity index (χ0) is 22.6. The van der Waals surface area contributed by atoms with Gasteiger partial charge >= 0.3 is 0 Å². The van der Waals surface area contributed by atoms with Crippen LogP contribution in [0.1, 0.15) is 24.8 Å². The van der Waals surface area contributed by atoms with E-state index in [4.69, 9.17) is 11.5 Å². The van der Waals surface area contributed by atoms with E-state index in [-0.39, 0.29) is 5.91 Å². The number of benzene rings is 2. The van der Waals surface area contributed by atoms with Gasteiger partial charge in [-0.2, -0.15) is 0 Å². The van der Waals surface area contributed by atoms with Gasteiger partial charge in [-0.05, 0) is 36.1 Å². The number of anilines is 2. The van der Waals surface area contributed by atoms with Crippen LogP contribution >= 0.6 is 0 Å². The summed E-state index contributed by atoms with van der Waals surface area (Å²) in [5.41, 5.74) is 15.2. The van der Waals surface area contributed by atoms with Crippen LogP contribution in [-0.4, -0.2) is 50.1 Å². The zero-order valence-electron chi connectivity index (χ0n) is 18.2. The summed E-state index contributed by atoms with van der Waals surface area (Å²) in [4.78, 5) is 27.9. The Bertz CT molecular complexity index is 1380. The fourth-order valence-corrected chi connectivity index (χ4v) is 4.75. The molecule has 2 aromatic heterocycles. The molecule has 0 unspecified atom stereocenters. The molecule has 0 spiro atoms. The zero-order valence-corrected chi connectivity index (χ0v) is 18.2. The Morgan fingerprint density at radius 1 is 1.15 bits per heavy atom. The molecule has 6 rings (SSSR count). The van der Waals surface area contributed by atoms with Crippen molar-refractivity contribution in [1.29, 1.82) is 0 Å². The molecule has 2 fully saturated rings. The molecule has 1 saturated carbocycles. The van der Waals surface area contributed by atoms with Crippen LogP contribution in [0.15, 0.2) is 49.1 Å². The van der Waals surface area contributed by atoms with E-state index >= 15 is 0 Å². The van der Waals surface area contributed by atoms with Crippen molar-refractivity contribution in [3.63, 3.8) is 0 Å². The minimum atomic E-state index is -0.880. The summed E-state index contributed by atoms with van der Waals surface area (Å²) in [5.74, 6) is 0.327. The lowest BCUT2D eigenvalue weighted by atomic mass is 9.98. The van der Waals surface area contributed by atoms with Gasteiger partial charge in [0.1, 0.15) is 17.4 Å². The first kappa shape index (κ1) is 19.9. The van der Waals surface area contributed by atoms with Gasteiger partial charge in [-0.25, -0.2) is 15.0 Å². The highest BCUT2D eigenvalue weighted by Gasteiger charge is 2.43. The van der Waals surface area contributed by atoms with Gasteiger partial charge in [0.25, 0.3) is 0 Å². The van der Waals surface area contributed by atoms with Crippen molar-refractivity contribution in [3.8, 4) is 0 Å². The lowest BCUT2D eigenvalue weighted by Gasteiger charge is -2.27. The van der Waals surface area contributed by atoms with Crippen LogP contribution in [0, 0.1) is 0 Å². The molecule has 9 heteroatoms. The van der Waals surface area contributed by atoms with Crippen molar-refractivity contribution in [1.82, 2.24) is 24.8 Å². The first-order valence-corrected chi connectivity index (χ1v) is 11.3. The van der Waals surface area contributed by atoms with Crippen LogP contribution in [0.5, 0.6) is 0 Å². The topological polar surface area (TPSA) is 128 Å². The Morgan fingerprint density at radius 2 is 2.00 bits per heavy atom. The molecule has 2 aromatic carbocycles. The van der Waals surface area contributed by atoms with Gasteiger partial charge in [-0.15, -0.1) is 0 Å². The third kappa shape index (κ3) is 3.45. The number of hydrogen-bond donors (Lipinski definition) is 3. The molecule has 0 radical (unpaired) electrons. The maximum Gasteiger partial charge on any atom is 0.242 e. The summed E-state index contributed by atoms with van der Waals surface area (Å²) in [5, 5.41) is 5.39. The maximum absolute atomic E-state index is 12.8. The number of rotatable bonds is 5. The van der Waals surface area contributed by atoms with Gasteiger partial charge < -0.3 is 26.3 Å². The second-order valence-electron chi connectivity index (χ2n) is 9.16. The summed E-state index contributed by atoms with van der Waals surface area (Å²) in [6.07, 6.45) is 5.93. The number of hydrogen-bond acceptors (Lipinski definition) is 7. The quantitative estimate of drug-likeness (QED) is 0.430. The molecule has 5 N–H and O–H groups in total. The van der Waals surface area contributed by atoms with Gasteiger partial charge in [0.05, 0.1) is 12.9 Å². The second kappa shape index (κ2) is 7.41. The predicted molar refractivity (Wildman–Crippen MR) is 128 cm³/mol. The van der Waals surface area contributed by atoms with E-state index in [1.165, 1.54) is 6.33 Å². The number of imidazole rings is 1. The fourth-order valence-electron chi connectivity index (χ4n) is 4.75. The number of amides is 1. The van der Waals surface area contributed by atoms with Gasteiger partial charge in [0.15, 0.2) is 11.5 Å². The van der Waals surface area contributed by atoms with Gasteiger partial charge in [-0.1, -0.05) is 30.3 Å². The Hall–Kier alpha value is -3.72. The van der Waals surface area contributed by atoms with E-state index < -0.39 is 5.54 Å². The van der Waals surface area contributed by atoms with Gasteiger partial charge in [0, 0.05) is 30.4 Å². The molecule has 33 heavy (non-hydrogen) atoms. The smallest absolute Gasteiger partial charge is 0.242 e. The third-order valence-corrected chi connectivity index (χ3v) is 6.78.